The number of hydrogen-bond donors (Lipinski definition) is 1. The standard InChI is InChI=1S/C17H22N4O/c1-13-16(17(22)20-9-7-15(18)8-10-20)11-19-21(13)12-14-5-3-2-4-6-14/h2-6,11,15H,7-10,12,18H2,1H3. The Bertz CT molecular complexity index is 642. The third-order valence-corrected chi connectivity index (χ3v) is 4.34. The lowest BCUT2D eigenvalue weighted by atomic mass is 10.1. The Morgan fingerprint density at radius 2 is 1.95 bits per heavy atom. The van der Waals surface area contributed by atoms with Crippen molar-refractivity contribution in [1.29, 1.82) is 0 Å². The largest absolute Gasteiger partial charge is 0.338 e. The fourth-order valence-corrected chi connectivity index (χ4v) is 2.85. The summed E-state index contributed by atoms with van der Waals surface area (Å²) in [7, 11) is 0. The van der Waals surface area contributed by atoms with Gasteiger partial charge in [-0.1, -0.05) is 30.3 Å². The molecule has 2 heterocycles. The zero-order valence-electron chi connectivity index (χ0n) is 12.9. The van der Waals surface area contributed by atoms with Crippen LogP contribution in [-0.2, 0) is 6.54 Å². The number of carbonyl (C=O) groups excluding carboxylic acids is 1. The van der Waals surface area contributed by atoms with Crippen LogP contribution in [0.15, 0.2) is 36.5 Å². The van der Waals surface area contributed by atoms with E-state index in [1.807, 2.05) is 34.7 Å². The van der Waals surface area contributed by atoms with Crippen molar-refractivity contribution in [3.8, 4) is 0 Å². The Labute approximate surface area is 130 Å². The van der Waals surface area contributed by atoms with E-state index >= 15 is 0 Å². The predicted molar refractivity (Wildman–Crippen MR) is 85.6 cm³/mol. The molecule has 0 unspecified atom stereocenters. The minimum Gasteiger partial charge on any atom is -0.338 e. The first-order valence-corrected chi connectivity index (χ1v) is 7.76. The van der Waals surface area contributed by atoms with Crippen molar-refractivity contribution in [2.45, 2.75) is 32.4 Å². The summed E-state index contributed by atoms with van der Waals surface area (Å²) < 4.78 is 1.89. The van der Waals surface area contributed by atoms with Crippen LogP contribution in [0.25, 0.3) is 0 Å². The van der Waals surface area contributed by atoms with E-state index < -0.39 is 0 Å². The highest BCUT2D eigenvalue weighted by Gasteiger charge is 2.24. The minimum absolute atomic E-state index is 0.0729. The van der Waals surface area contributed by atoms with Crippen molar-refractivity contribution >= 4 is 5.91 Å². The van der Waals surface area contributed by atoms with Gasteiger partial charge in [-0.05, 0) is 25.3 Å². The topological polar surface area (TPSA) is 64.2 Å². The monoisotopic (exact) mass is 298 g/mol. The van der Waals surface area contributed by atoms with Gasteiger partial charge in [-0.15, -0.1) is 0 Å². The highest BCUT2D eigenvalue weighted by atomic mass is 16.2. The molecule has 0 atom stereocenters. The van der Waals surface area contributed by atoms with Gasteiger partial charge in [0.15, 0.2) is 0 Å². The fraction of sp³-hybridized carbons (Fsp3) is 0.412. The molecule has 0 bridgehead atoms. The average molecular weight is 298 g/mol. The highest BCUT2D eigenvalue weighted by Crippen LogP contribution is 2.16. The molecule has 0 radical (unpaired) electrons. The normalized spacial score (nSPS) is 16.0. The Balaban J connectivity index is 1.74. The quantitative estimate of drug-likeness (QED) is 0.940. The molecule has 1 fully saturated rings. The summed E-state index contributed by atoms with van der Waals surface area (Å²) in [6.07, 6.45) is 3.45. The molecular formula is C17H22N4O. The lowest BCUT2D eigenvalue weighted by Crippen LogP contribution is -2.42. The summed E-state index contributed by atoms with van der Waals surface area (Å²) in [6, 6.07) is 10.4. The second-order valence-corrected chi connectivity index (χ2v) is 5.92. The number of rotatable bonds is 3. The lowest BCUT2D eigenvalue weighted by Gasteiger charge is -2.30. The van der Waals surface area contributed by atoms with Crippen LogP contribution in [0.5, 0.6) is 0 Å². The first kappa shape index (κ1) is 14.8. The number of likely N-dealkylation sites (tertiary alicyclic amines) is 1. The fourth-order valence-electron chi connectivity index (χ4n) is 2.85. The number of aromatic nitrogens is 2. The average Bonchev–Trinajstić information content (AvgIpc) is 2.89. The molecule has 1 aromatic carbocycles. The number of hydrogen-bond acceptors (Lipinski definition) is 3. The van der Waals surface area contributed by atoms with Crippen molar-refractivity contribution in [1.82, 2.24) is 14.7 Å². The van der Waals surface area contributed by atoms with E-state index in [-0.39, 0.29) is 11.9 Å². The van der Waals surface area contributed by atoms with Gasteiger partial charge in [0, 0.05) is 24.8 Å². The third-order valence-electron chi connectivity index (χ3n) is 4.34. The van der Waals surface area contributed by atoms with E-state index in [0.717, 1.165) is 31.6 Å². The van der Waals surface area contributed by atoms with Gasteiger partial charge in [0.2, 0.25) is 0 Å². The van der Waals surface area contributed by atoms with Crippen LogP contribution in [0, 0.1) is 6.92 Å². The Morgan fingerprint density at radius 1 is 1.27 bits per heavy atom. The first-order valence-electron chi connectivity index (χ1n) is 7.76. The van der Waals surface area contributed by atoms with Crippen LogP contribution in [-0.4, -0.2) is 39.7 Å². The third kappa shape index (κ3) is 3.04. The molecule has 5 nitrogen and oxygen atoms in total. The van der Waals surface area contributed by atoms with E-state index in [9.17, 15) is 4.79 Å². The maximum Gasteiger partial charge on any atom is 0.257 e. The van der Waals surface area contributed by atoms with Crippen LogP contribution < -0.4 is 5.73 Å². The number of nitrogens with two attached hydrogens (primary N) is 1. The number of carbonyl (C=O) groups is 1. The summed E-state index contributed by atoms with van der Waals surface area (Å²) in [5.41, 5.74) is 8.70. The van der Waals surface area contributed by atoms with Crippen molar-refractivity contribution in [2.24, 2.45) is 5.73 Å². The number of benzene rings is 1. The zero-order valence-corrected chi connectivity index (χ0v) is 12.9. The molecule has 0 aliphatic carbocycles. The van der Waals surface area contributed by atoms with Gasteiger partial charge >= 0.3 is 0 Å². The van der Waals surface area contributed by atoms with Crippen LogP contribution in [0.2, 0.25) is 0 Å². The Morgan fingerprint density at radius 3 is 2.64 bits per heavy atom. The van der Waals surface area contributed by atoms with Crippen molar-refractivity contribution in [3.05, 3.63) is 53.3 Å². The van der Waals surface area contributed by atoms with Crippen molar-refractivity contribution in [2.75, 3.05) is 13.1 Å². The molecule has 5 heteroatoms. The van der Waals surface area contributed by atoms with Gasteiger partial charge in [-0.25, -0.2) is 0 Å². The van der Waals surface area contributed by atoms with Gasteiger partial charge in [-0.3, -0.25) is 9.48 Å². The molecule has 0 saturated carbocycles. The van der Waals surface area contributed by atoms with Crippen molar-refractivity contribution in [3.63, 3.8) is 0 Å². The van der Waals surface area contributed by atoms with Crippen molar-refractivity contribution < 1.29 is 4.79 Å². The first-order chi connectivity index (χ1) is 10.6. The van der Waals surface area contributed by atoms with Crippen LogP contribution >= 0.6 is 0 Å². The second-order valence-electron chi connectivity index (χ2n) is 5.92. The molecule has 1 amide bonds. The van der Waals surface area contributed by atoms with Crippen LogP contribution in [0.3, 0.4) is 0 Å². The molecular weight excluding hydrogens is 276 g/mol. The lowest BCUT2D eigenvalue weighted by molar-refractivity contribution is 0.0714. The van der Waals surface area contributed by atoms with Crippen LogP contribution in [0.4, 0.5) is 0 Å². The number of amides is 1. The van der Waals surface area contributed by atoms with E-state index in [2.05, 4.69) is 17.2 Å². The number of nitrogens with zero attached hydrogens (tertiary/aromatic N) is 3. The van der Waals surface area contributed by atoms with Gasteiger partial charge in [-0.2, -0.15) is 5.10 Å². The van der Waals surface area contributed by atoms with Gasteiger partial charge in [0.25, 0.3) is 5.91 Å². The molecule has 1 aliphatic rings. The summed E-state index contributed by atoms with van der Waals surface area (Å²) in [5.74, 6) is 0.0729. The zero-order chi connectivity index (χ0) is 15.5. The van der Waals surface area contributed by atoms with E-state index in [0.29, 0.717) is 12.1 Å². The number of piperidine rings is 1. The van der Waals surface area contributed by atoms with Gasteiger partial charge in [0.1, 0.15) is 0 Å². The van der Waals surface area contributed by atoms with Gasteiger partial charge in [0.05, 0.1) is 18.3 Å². The smallest absolute Gasteiger partial charge is 0.257 e. The molecule has 1 aliphatic heterocycles. The SMILES string of the molecule is Cc1c(C(=O)N2CCC(N)CC2)cnn1Cc1ccccc1. The molecule has 116 valence electrons. The van der Waals surface area contributed by atoms with E-state index in [4.69, 9.17) is 5.73 Å². The van der Waals surface area contributed by atoms with Gasteiger partial charge < -0.3 is 10.6 Å². The summed E-state index contributed by atoms with van der Waals surface area (Å²) in [5, 5.41) is 4.39. The van der Waals surface area contributed by atoms with E-state index in [1.165, 1.54) is 5.56 Å². The summed E-state index contributed by atoms with van der Waals surface area (Å²) in [4.78, 5) is 14.5. The Hall–Kier alpha value is -2.14. The minimum atomic E-state index is 0.0729. The maximum atomic E-state index is 12.6. The molecule has 1 saturated heterocycles. The summed E-state index contributed by atoms with van der Waals surface area (Å²) >= 11 is 0. The highest BCUT2D eigenvalue weighted by molar-refractivity contribution is 5.95. The Kier molecular flexibility index (Phi) is 4.24. The molecule has 1 aromatic heterocycles. The summed E-state index contributed by atoms with van der Waals surface area (Å²) in [6.45, 7) is 4.12. The predicted octanol–water partition coefficient (Wildman–Crippen LogP) is 1.80. The van der Waals surface area contributed by atoms with Crippen LogP contribution in [0.1, 0.15) is 34.5 Å². The maximum absolute atomic E-state index is 12.6. The second kappa shape index (κ2) is 6.32. The molecule has 2 N–H and O–H groups in total. The molecule has 0 spiro atoms. The molecule has 3 rings (SSSR count). The van der Waals surface area contributed by atoms with E-state index in [1.54, 1.807) is 6.20 Å². The molecule has 22 heavy (non-hydrogen) atoms. The molecule has 2 aromatic rings.